The fourth-order valence-electron chi connectivity index (χ4n) is 5.62. The van der Waals surface area contributed by atoms with Crippen LogP contribution in [0, 0.1) is 0 Å². The topological polar surface area (TPSA) is 119 Å². The van der Waals surface area contributed by atoms with E-state index in [-0.39, 0.29) is 19.4 Å². The molecule has 0 amide bonds. The average Bonchev–Trinajstić information content (AvgIpc) is 3.17. The molecule has 0 aromatic carbocycles. The van der Waals surface area contributed by atoms with E-state index in [4.69, 9.17) is 19.3 Å². The largest absolute Gasteiger partial charge is 0.469 e. The SMILES string of the molecule is CCCCCCCC/C=C/C/C=C/C/C=C/CCCC(=O)OC[C@H](COP(=O)(O)O)OC(=O)CCC/C=C/C/C=C/C/C=C/C/C=C/CCCCCCCCC. The number of hydrogen-bond acceptors (Lipinski definition) is 6. The van der Waals surface area contributed by atoms with Gasteiger partial charge in [0.2, 0.25) is 0 Å². The lowest BCUT2D eigenvalue weighted by molar-refractivity contribution is -0.161. The van der Waals surface area contributed by atoms with Gasteiger partial charge in [0.05, 0.1) is 6.61 Å². The van der Waals surface area contributed by atoms with Crippen molar-refractivity contribution in [1.82, 2.24) is 0 Å². The molecular formula is C47H79O8P. The van der Waals surface area contributed by atoms with Crippen LogP contribution in [0.5, 0.6) is 0 Å². The third kappa shape index (κ3) is 44.0. The van der Waals surface area contributed by atoms with Gasteiger partial charge in [-0.3, -0.25) is 14.1 Å². The van der Waals surface area contributed by atoms with Crippen LogP contribution in [0.2, 0.25) is 0 Å². The van der Waals surface area contributed by atoms with Gasteiger partial charge in [0.1, 0.15) is 6.61 Å². The lowest BCUT2D eigenvalue weighted by Gasteiger charge is -2.18. The number of ether oxygens (including phenoxy) is 2. The van der Waals surface area contributed by atoms with Gasteiger partial charge in [-0.05, 0) is 83.5 Å². The molecule has 320 valence electrons. The van der Waals surface area contributed by atoms with Crippen LogP contribution >= 0.6 is 7.82 Å². The van der Waals surface area contributed by atoms with Crippen molar-refractivity contribution in [2.45, 2.75) is 187 Å². The highest BCUT2D eigenvalue weighted by molar-refractivity contribution is 7.46. The molecule has 0 aliphatic carbocycles. The molecule has 1 atom stereocenters. The van der Waals surface area contributed by atoms with E-state index < -0.39 is 32.5 Å². The molecule has 0 saturated carbocycles. The first kappa shape index (κ1) is 53.2. The molecule has 0 rings (SSSR count). The van der Waals surface area contributed by atoms with Gasteiger partial charge in [0.15, 0.2) is 6.10 Å². The van der Waals surface area contributed by atoms with Crippen molar-refractivity contribution in [2.75, 3.05) is 13.2 Å². The van der Waals surface area contributed by atoms with E-state index in [0.717, 1.165) is 44.9 Å². The maximum Gasteiger partial charge on any atom is 0.469 e. The number of carbonyl (C=O) groups is 2. The fourth-order valence-corrected chi connectivity index (χ4v) is 5.98. The predicted octanol–water partition coefficient (Wildman–Crippen LogP) is 13.6. The van der Waals surface area contributed by atoms with Crippen LogP contribution in [0.3, 0.4) is 0 Å². The van der Waals surface area contributed by atoms with E-state index >= 15 is 0 Å². The summed E-state index contributed by atoms with van der Waals surface area (Å²) in [6.45, 7) is 3.58. The number of unbranched alkanes of at least 4 members (excludes halogenated alkanes) is 15. The Bertz CT molecular complexity index is 1180. The summed E-state index contributed by atoms with van der Waals surface area (Å²) < 4.78 is 26.3. The van der Waals surface area contributed by atoms with Crippen molar-refractivity contribution in [3.8, 4) is 0 Å². The molecule has 0 heterocycles. The minimum Gasteiger partial charge on any atom is -0.462 e. The highest BCUT2D eigenvalue weighted by atomic mass is 31.2. The van der Waals surface area contributed by atoms with Crippen molar-refractivity contribution < 1.29 is 37.9 Å². The second-order valence-electron chi connectivity index (χ2n) is 14.3. The van der Waals surface area contributed by atoms with E-state index in [1.807, 2.05) is 12.2 Å². The van der Waals surface area contributed by atoms with E-state index in [2.05, 4.69) is 91.3 Å². The van der Waals surface area contributed by atoms with Crippen LogP contribution in [0.4, 0.5) is 0 Å². The molecule has 0 radical (unpaired) electrons. The molecule has 56 heavy (non-hydrogen) atoms. The Kier molecular flexibility index (Phi) is 39.8. The number of esters is 2. The molecular weight excluding hydrogens is 723 g/mol. The molecule has 0 unspecified atom stereocenters. The maximum atomic E-state index is 12.4. The maximum absolute atomic E-state index is 12.4. The lowest BCUT2D eigenvalue weighted by atomic mass is 10.1. The van der Waals surface area contributed by atoms with Crippen molar-refractivity contribution in [2.24, 2.45) is 0 Å². The molecule has 8 nitrogen and oxygen atoms in total. The summed E-state index contributed by atoms with van der Waals surface area (Å²) in [5.74, 6) is -1.02. The average molecular weight is 803 g/mol. The zero-order valence-corrected chi connectivity index (χ0v) is 36.1. The zero-order valence-electron chi connectivity index (χ0n) is 35.3. The number of hydrogen-bond donors (Lipinski definition) is 2. The first-order valence-electron chi connectivity index (χ1n) is 21.9. The van der Waals surface area contributed by atoms with Crippen molar-refractivity contribution in [3.05, 3.63) is 85.1 Å². The molecule has 0 aliphatic heterocycles. The second-order valence-corrected chi connectivity index (χ2v) is 15.5. The summed E-state index contributed by atoms with van der Waals surface area (Å²) in [7, 11) is -4.79. The summed E-state index contributed by atoms with van der Waals surface area (Å²) in [5.41, 5.74) is 0. The lowest BCUT2D eigenvalue weighted by Crippen LogP contribution is -2.29. The van der Waals surface area contributed by atoms with Gasteiger partial charge in [0.25, 0.3) is 0 Å². The number of phosphoric acid groups is 1. The minimum absolute atomic E-state index is 0.121. The zero-order chi connectivity index (χ0) is 41.1. The molecule has 9 heteroatoms. The Hall–Kier alpha value is -2.77. The second kappa shape index (κ2) is 41.9. The molecule has 0 spiro atoms. The van der Waals surface area contributed by atoms with Crippen LogP contribution in [0.15, 0.2) is 85.1 Å². The van der Waals surface area contributed by atoms with Gasteiger partial charge in [0, 0.05) is 12.8 Å². The van der Waals surface area contributed by atoms with Gasteiger partial charge in [-0.15, -0.1) is 0 Å². The third-order valence-corrected chi connectivity index (χ3v) is 9.37. The van der Waals surface area contributed by atoms with Crippen molar-refractivity contribution in [3.63, 3.8) is 0 Å². The number of allylic oxidation sites excluding steroid dienone is 14. The summed E-state index contributed by atoms with van der Waals surface area (Å²) in [6.07, 6.45) is 56.1. The van der Waals surface area contributed by atoms with Crippen LogP contribution in [0.25, 0.3) is 0 Å². The first-order valence-corrected chi connectivity index (χ1v) is 23.4. The minimum atomic E-state index is -4.79. The van der Waals surface area contributed by atoms with Crippen LogP contribution < -0.4 is 0 Å². The van der Waals surface area contributed by atoms with E-state index in [9.17, 15) is 14.2 Å². The number of rotatable bonds is 39. The Balaban J connectivity index is 4.10. The third-order valence-electron chi connectivity index (χ3n) is 8.89. The summed E-state index contributed by atoms with van der Waals surface area (Å²) in [4.78, 5) is 42.8. The first-order chi connectivity index (χ1) is 27.3. The summed E-state index contributed by atoms with van der Waals surface area (Å²) >= 11 is 0. The quantitative estimate of drug-likeness (QED) is 0.0273. The van der Waals surface area contributed by atoms with Crippen molar-refractivity contribution in [1.29, 1.82) is 0 Å². The normalized spacial score (nSPS) is 13.3. The van der Waals surface area contributed by atoms with Gasteiger partial charge in [-0.2, -0.15) is 0 Å². The van der Waals surface area contributed by atoms with E-state index in [1.165, 1.54) is 89.9 Å². The van der Waals surface area contributed by atoms with E-state index in [1.54, 1.807) is 0 Å². The smallest absolute Gasteiger partial charge is 0.462 e. The highest BCUT2D eigenvalue weighted by Crippen LogP contribution is 2.36. The summed E-state index contributed by atoms with van der Waals surface area (Å²) in [5, 5.41) is 0. The Morgan fingerprint density at radius 1 is 0.464 bits per heavy atom. The molecule has 0 saturated heterocycles. The standard InChI is InChI=1S/C47H79O8P/c1-3-5-7-9-11-13-15-17-19-21-22-23-24-26-28-30-32-34-36-38-40-42-47(49)55-45(44-54-56(50,51)52)43-53-46(48)41-39-37-35-33-31-29-27-25-20-18-16-14-12-10-8-6-4-2/h18-21,23-24,27-30,33-36,45H,3-17,22,25-26,31-32,37-44H2,1-2H3,(H2,50,51,52)/b20-18+,21-19+,24-23+,29-27+,30-28+,35-33+,36-34+/t45-/m1/s1. The Morgan fingerprint density at radius 2 is 0.804 bits per heavy atom. The monoisotopic (exact) mass is 803 g/mol. The van der Waals surface area contributed by atoms with Gasteiger partial charge in [-0.1, -0.05) is 170 Å². The van der Waals surface area contributed by atoms with Crippen LogP contribution in [-0.4, -0.2) is 41.0 Å². The van der Waals surface area contributed by atoms with Gasteiger partial charge in [-0.25, -0.2) is 4.57 Å². The Labute approximate surface area is 342 Å². The van der Waals surface area contributed by atoms with Crippen molar-refractivity contribution >= 4 is 19.8 Å². The fraction of sp³-hybridized carbons (Fsp3) is 0.660. The molecule has 2 N–H and O–H groups in total. The van der Waals surface area contributed by atoms with Gasteiger partial charge >= 0.3 is 19.8 Å². The molecule has 0 fully saturated rings. The molecule has 0 aliphatic rings. The van der Waals surface area contributed by atoms with E-state index in [0.29, 0.717) is 19.3 Å². The Morgan fingerprint density at radius 3 is 1.20 bits per heavy atom. The summed E-state index contributed by atoms with van der Waals surface area (Å²) in [6, 6.07) is 0. The van der Waals surface area contributed by atoms with Crippen LogP contribution in [-0.2, 0) is 28.2 Å². The molecule has 0 aromatic heterocycles. The van der Waals surface area contributed by atoms with Crippen LogP contribution in [0.1, 0.15) is 181 Å². The number of carbonyl (C=O) groups excluding carboxylic acids is 2. The van der Waals surface area contributed by atoms with Gasteiger partial charge < -0.3 is 19.3 Å². The predicted molar refractivity (Wildman–Crippen MR) is 234 cm³/mol. The molecule has 0 bridgehead atoms. The molecule has 0 aromatic rings. The highest BCUT2D eigenvalue weighted by Gasteiger charge is 2.22. The number of phosphoric ester groups is 1.